The SMILES string of the molecule is C=CCNC(=NCc1ccn(C)c1)NCC.I. The van der Waals surface area contributed by atoms with Crippen LogP contribution < -0.4 is 10.6 Å². The third kappa shape index (κ3) is 6.35. The molecule has 1 heterocycles. The normalized spacial score (nSPS) is 10.6. The molecule has 0 radical (unpaired) electrons. The molecule has 0 aromatic carbocycles. The Morgan fingerprint density at radius 2 is 2.29 bits per heavy atom. The Morgan fingerprint density at radius 3 is 2.82 bits per heavy atom. The van der Waals surface area contributed by atoms with E-state index in [1.165, 1.54) is 5.56 Å². The molecule has 2 N–H and O–H groups in total. The maximum Gasteiger partial charge on any atom is 0.191 e. The van der Waals surface area contributed by atoms with E-state index in [4.69, 9.17) is 0 Å². The second-order valence-electron chi connectivity index (χ2n) is 3.55. The summed E-state index contributed by atoms with van der Waals surface area (Å²) >= 11 is 0. The van der Waals surface area contributed by atoms with Gasteiger partial charge in [-0.3, -0.25) is 0 Å². The molecule has 0 spiro atoms. The second kappa shape index (κ2) is 9.09. The number of rotatable bonds is 5. The topological polar surface area (TPSA) is 41.4 Å². The van der Waals surface area contributed by atoms with Crippen molar-refractivity contribution in [3.63, 3.8) is 0 Å². The van der Waals surface area contributed by atoms with Gasteiger partial charge in [0.05, 0.1) is 6.54 Å². The lowest BCUT2D eigenvalue weighted by Crippen LogP contribution is -2.37. The first-order valence-corrected chi connectivity index (χ1v) is 5.50. The molecule has 0 saturated heterocycles. The maximum atomic E-state index is 4.47. The number of aliphatic imine (C=N–C) groups is 1. The minimum atomic E-state index is 0. The van der Waals surface area contributed by atoms with Crippen molar-refractivity contribution in [2.45, 2.75) is 13.5 Å². The summed E-state index contributed by atoms with van der Waals surface area (Å²) in [6.45, 7) is 7.98. The highest BCUT2D eigenvalue weighted by molar-refractivity contribution is 14.0. The highest BCUT2D eigenvalue weighted by Gasteiger charge is 1.96. The maximum absolute atomic E-state index is 4.47. The van der Waals surface area contributed by atoms with Crippen LogP contribution in [0.25, 0.3) is 0 Å². The fourth-order valence-electron chi connectivity index (χ4n) is 1.34. The highest BCUT2D eigenvalue weighted by atomic mass is 127. The molecule has 96 valence electrons. The van der Waals surface area contributed by atoms with E-state index in [0.717, 1.165) is 19.0 Å². The molecule has 0 amide bonds. The summed E-state index contributed by atoms with van der Waals surface area (Å²) in [5.41, 5.74) is 1.21. The van der Waals surface area contributed by atoms with Gasteiger partial charge in [0.2, 0.25) is 0 Å². The Hall–Kier alpha value is -0.980. The Balaban J connectivity index is 0.00000256. The lowest BCUT2D eigenvalue weighted by molar-refractivity contribution is 0.857. The fourth-order valence-corrected chi connectivity index (χ4v) is 1.34. The summed E-state index contributed by atoms with van der Waals surface area (Å²) in [4.78, 5) is 4.47. The van der Waals surface area contributed by atoms with Gasteiger partial charge in [0.1, 0.15) is 0 Å². The molecule has 0 aliphatic rings. The molecule has 0 saturated carbocycles. The number of hydrogen-bond donors (Lipinski definition) is 2. The standard InChI is InChI=1S/C12H20N4.HI/c1-4-7-14-12(13-5-2)15-9-11-6-8-16(3)10-11;/h4,6,8,10H,1,5,7,9H2,2-3H3,(H2,13,14,15);1H. The van der Waals surface area contributed by atoms with Crippen LogP contribution in [-0.4, -0.2) is 23.6 Å². The lowest BCUT2D eigenvalue weighted by atomic mass is 10.3. The fraction of sp³-hybridized carbons (Fsp3) is 0.417. The summed E-state index contributed by atoms with van der Waals surface area (Å²) < 4.78 is 2.02. The van der Waals surface area contributed by atoms with Crippen LogP contribution >= 0.6 is 24.0 Å². The zero-order chi connectivity index (χ0) is 11.8. The number of guanidine groups is 1. The average Bonchev–Trinajstić information content (AvgIpc) is 2.68. The van der Waals surface area contributed by atoms with Crippen molar-refractivity contribution in [3.8, 4) is 0 Å². The van der Waals surface area contributed by atoms with Crippen LogP contribution in [0.1, 0.15) is 12.5 Å². The first-order chi connectivity index (χ1) is 7.76. The van der Waals surface area contributed by atoms with Crippen LogP contribution in [0.4, 0.5) is 0 Å². The molecular weight excluding hydrogens is 327 g/mol. The molecule has 0 unspecified atom stereocenters. The van der Waals surface area contributed by atoms with E-state index in [0.29, 0.717) is 6.54 Å². The number of halogens is 1. The van der Waals surface area contributed by atoms with Gasteiger partial charge >= 0.3 is 0 Å². The number of aryl methyl sites for hydroxylation is 1. The zero-order valence-electron chi connectivity index (χ0n) is 10.4. The van der Waals surface area contributed by atoms with Gasteiger partial charge in [-0.25, -0.2) is 4.99 Å². The van der Waals surface area contributed by atoms with Gasteiger partial charge in [-0.15, -0.1) is 30.6 Å². The van der Waals surface area contributed by atoms with E-state index in [2.05, 4.69) is 34.5 Å². The van der Waals surface area contributed by atoms with Crippen LogP contribution in [0.5, 0.6) is 0 Å². The van der Waals surface area contributed by atoms with E-state index < -0.39 is 0 Å². The molecule has 0 aliphatic heterocycles. The lowest BCUT2D eigenvalue weighted by Gasteiger charge is -2.08. The van der Waals surface area contributed by atoms with E-state index in [9.17, 15) is 0 Å². The molecule has 0 atom stereocenters. The molecule has 1 rings (SSSR count). The van der Waals surface area contributed by atoms with Crippen molar-refractivity contribution >= 4 is 29.9 Å². The molecule has 4 nitrogen and oxygen atoms in total. The van der Waals surface area contributed by atoms with Gasteiger partial charge < -0.3 is 15.2 Å². The monoisotopic (exact) mass is 348 g/mol. The van der Waals surface area contributed by atoms with Gasteiger partial charge in [0.15, 0.2) is 5.96 Å². The van der Waals surface area contributed by atoms with Crippen LogP contribution in [0.2, 0.25) is 0 Å². The highest BCUT2D eigenvalue weighted by Crippen LogP contribution is 2.00. The summed E-state index contributed by atoms with van der Waals surface area (Å²) in [7, 11) is 2.01. The molecule has 17 heavy (non-hydrogen) atoms. The summed E-state index contributed by atoms with van der Waals surface area (Å²) in [5.74, 6) is 0.825. The van der Waals surface area contributed by atoms with E-state index >= 15 is 0 Å². The average molecular weight is 348 g/mol. The summed E-state index contributed by atoms with van der Waals surface area (Å²) in [6.07, 6.45) is 5.91. The van der Waals surface area contributed by atoms with Crippen LogP contribution in [-0.2, 0) is 13.6 Å². The van der Waals surface area contributed by atoms with E-state index in [-0.39, 0.29) is 24.0 Å². The molecular formula is C12H21IN4. The Morgan fingerprint density at radius 1 is 1.53 bits per heavy atom. The van der Waals surface area contributed by atoms with Crippen molar-refractivity contribution in [1.82, 2.24) is 15.2 Å². The van der Waals surface area contributed by atoms with Gasteiger partial charge in [0.25, 0.3) is 0 Å². The van der Waals surface area contributed by atoms with Gasteiger partial charge in [-0.2, -0.15) is 0 Å². The number of hydrogen-bond acceptors (Lipinski definition) is 1. The van der Waals surface area contributed by atoms with Crippen molar-refractivity contribution in [1.29, 1.82) is 0 Å². The first kappa shape index (κ1) is 16.0. The Bertz CT molecular complexity index is 357. The molecule has 0 aliphatic carbocycles. The Kier molecular flexibility index (Phi) is 8.57. The largest absolute Gasteiger partial charge is 0.357 e. The first-order valence-electron chi connectivity index (χ1n) is 5.50. The molecule has 1 aromatic heterocycles. The van der Waals surface area contributed by atoms with E-state index in [1.54, 1.807) is 0 Å². The third-order valence-electron chi connectivity index (χ3n) is 2.07. The zero-order valence-corrected chi connectivity index (χ0v) is 12.8. The smallest absolute Gasteiger partial charge is 0.191 e. The minimum absolute atomic E-state index is 0. The van der Waals surface area contributed by atoms with Crippen molar-refractivity contribution in [2.24, 2.45) is 12.0 Å². The second-order valence-corrected chi connectivity index (χ2v) is 3.55. The van der Waals surface area contributed by atoms with Crippen LogP contribution in [0, 0.1) is 0 Å². The van der Waals surface area contributed by atoms with Crippen molar-refractivity contribution < 1.29 is 0 Å². The van der Waals surface area contributed by atoms with Gasteiger partial charge in [-0.05, 0) is 18.6 Å². The predicted molar refractivity (Wildman–Crippen MR) is 83.8 cm³/mol. The van der Waals surface area contributed by atoms with Crippen LogP contribution in [0.15, 0.2) is 36.1 Å². The molecule has 0 fully saturated rings. The number of nitrogens with one attached hydrogen (secondary N) is 2. The predicted octanol–water partition coefficient (Wildman–Crippen LogP) is 1.88. The summed E-state index contributed by atoms with van der Waals surface area (Å²) in [6, 6.07) is 2.07. The molecule has 5 heteroatoms. The Labute approximate surface area is 120 Å². The van der Waals surface area contributed by atoms with Gasteiger partial charge in [-0.1, -0.05) is 6.08 Å². The van der Waals surface area contributed by atoms with E-state index in [1.807, 2.05) is 30.8 Å². The van der Waals surface area contributed by atoms with Gasteiger partial charge in [0, 0.05) is 32.5 Å². The molecule has 0 bridgehead atoms. The number of aromatic nitrogens is 1. The van der Waals surface area contributed by atoms with Crippen molar-refractivity contribution in [2.75, 3.05) is 13.1 Å². The summed E-state index contributed by atoms with van der Waals surface area (Å²) in [5, 5.41) is 6.34. The minimum Gasteiger partial charge on any atom is -0.357 e. The van der Waals surface area contributed by atoms with Crippen molar-refractivity contribution in [3.05, 3.63) is 36.7 Å². The molecule has 1 aromatic rings. The quantitative estimate of drug-likeness (QED) is 0.369. The van der Waals surface area contributed by atoms with Crippen LogP contribution in [0.3, 0.4) is 0 Å². The number of nitrogens with zero attached hydrogens (tertiary/aromatic N) is 2. The third-order valence-corrected chi connectivity index (χ3v) is 2.07.